The smallest absolute Gasteiger partial charge is 0.328 e. The number of carboxylic acid groups (broad SMARTS) is 1. The summed E-state index contributed by atoms with van der Waals surface area (Å²) >= 11 is 0. The van der Waals surface area contributed by atoms with Crippen LogP contribution in [-0.4, -0.2) is 24.1 Å². The highest BCUT2D eigenvalue weighted by molar-refractivity contribution is 6.02. The van der Waals surface area contributed by atoms with Crippen molar-refractivity contribution in [2.24, 2.45) is 0 Å². The van der Waals surface area contributed by atoms with Gasteiger partial charge in [0.1, 0.15) is 0 Å². The standard InChI is InChI=1S/C11H10FNO4/c1-17-9-3-2-7(6-8(9)12)13-10(14)4-5-11(15)16/h2-6H,1H3,(H,13,14)(H,15,16)/b5-4+. The van der Waals surface area contributed by atoms with Gasteiger partial charge >= 0.3 is 5.97 Å². The first-order chi connectivity index (χ1) is 8.02. The van der Waals surface area contributed by atoms with Gasteiger partial charge in [-0.1, -0.05) is 0 Å². The van der Waals surface area contributed by atoms with Crippen LogP contribution >= 0.6 is 0 Å². The molecule has 1 aromatic rings. The third-order valence-electron chi connectivity index (χ3n) is 1.80. The van der Waals surface area contributed by atoms with Gasteiger partial charge in [0.2, 0.25) is 5.91 Å². The van der Waals surface area contributed by atoms with E-state index in [1.165, 1.54) is 19.2 Å². The Morgan fingerprint density at radius 2 is 2.12 bits per heavy atom. The van der Waals surface area contributed by atoms with Crippen molar-refractivity contribution in [3.8, 4) is 5.75 Å². The minimum atomic E-state index is -1.24. The number of hydrogen-bond donors (Lipinski definition) is 2. The van der Waals surface area contributed by atoms with Crippen LogP contribution in [0.25, 0.3) is 0 Å². The fraction of sp³-hybridized carbons (Fsp3) is 0.0909. The lowest BCUT2D eigenvalue weighted by atomic mass is 10.3. The number of methoxy groups -OCH3 is 1. The molecule has 0 unspecified atom stereocenters. The van der Waals surface area contributed by atoms with Crippen molar-refractivity contribution >= 4 is 17.6 Å². The van der Waals surface area contributed by atoms with Crippen LogP contribution in [0.5, 0.6) is 5.75 Å². The molecule has 2 N–H and O–H groups in total. The normalized spacial score (nSPS) is 10.2. The van der Waals surface area contributed by atoms with Crippen LogP contribution in [-0.2, 0) is 9.59 Å². The Balaban J connectivity index is 2.72. The third-order valence-corrected chi connectivity index (χ3v) is 1.80. The van der Waals surface area contributed by atoms with Crippen LogP contribution < -0.4 is 10.1 Å². The summed E-state index contributed by atoms with van der Waals surface area (Å²) in [6.45, 7) is 0. The zero-order valence-corrected chi connectivity index (χ0v) is 8.94. The van der Waals surface area contributed by atoms with Crippen molar-refractivity contribution in [3.05, 3.63) is 36.2 Å². The number of ether oxygens (including phenoxy) is 1. The van der Waals surface area contributed by atoms with Crippen molar-refractivity contribution in [2.45, 2.75) is 0 Å². The molecule has 0 aliphatic carbocycles. The lowest BCUT2D eigenvalue weighted by Gasteiger charge is -2.05. The van der Waals surface area contributed by atoms with Crippen LogP contribution in [0.4, 0.5) is 10.1 Å². The molecule has 0 radical (unpaired) electrons. The minimum Gasteiger partial charge on any atom is -0.494 e. The van der Waals surface area contributed by atoms with Crippen LogP contribution in [0.2, 0.25) is 0 Å². The SMILES string of the molecule is COc1ccc(NC(=O)/C=C/C(=O)O)cc1F. The van der Waals surface area contributed by atoms with Gasteiger partial charge in [-0.15, -0.1) is 0 Å². The molecule has 0 bridgehead atoms. The molecule has 1 rings (SSSR count). The number of halogens is 1. The Kier molecular flexibility index (Phi) is 4.21. The van der Waals surface area contributed by atoms with Gasteiger partial charge in [0.15, 0.2) is 11.6 Å². The van der Waals surface area contributed by atoms with E-state index in [-0.39, 0.29) is 11.4 Å². The number of hydrogen-bond acceptors (Lipinski definition) is 3. The highest BCUT2D eigenvalue weighted by Crippen LogP contribution is 2.20. The second kappa shape index (κ2) is 5.64. The van der Waals surface area contributed by atoms with E-state index in [1.54, 1.807) is 0 Å². The summed E-state index contributed by atoms with van der Waals surface area (Å²) < 4.78 is 17.9. The Hall–Kier alpha value is -2.37. The van der Waals surface area contributed by atoms with Crippen LogP contribution in [0.3, 0.4) is 0 Å². The molecular formula is C11H10FNO4. The monoisotopic (exact) mass is 239 g/mol. The lowest BCUT2D eigenvalue weighted by molar-refractivity contribution is -0.131. The largest absolute Gasteiger partial charge is 0.494 e. The summed E-state index contributed by atoms with van der Waals surface area (Å²) in [6, 6.07) is 3.87. The van der Waals surface area contributed by atoms with E-state index in [0.717, 1.165) is 12.1 Å². The number of amides is 1. The summed E-state index contributed by atoms with van der Waals surface area (Å²) in [5.74, 6) is -2.45. The Labute approximate surface area is 96.5 Å². The molecule has 0 fully saturated rings. The maximum absolute atomic E-state index is 13.2. The molecule has 17 heavy (non-hydrogen) atoms. The number of benzene rings is 1. The molecule has 0 heterocycles. The molecule has 0 aliphatic rings. The van der Waals surface area contributed by atoms with Crippen molar-refractivity contribution in [1.82, 2.24) is 0 Å². The lowest BCUT2D eigenvalue weighted by Crippen LogP contribution is -2.09. The zero-order valence-electron chi connectivity index (χ0n) is 8.94. The predicted octanol–water partition coefficient (Wildman–Crippen LogP) is 1.41. The van der Waals surface area contributed by atoms with Gasteiger partial charge in [-0.05, 0) is 12.1 Å². The molecule has 1 amide bonds. The Bertz CT molecular complexity index is 471. The number of aliphatic carboxylic acids is 1. The second-order valence-electron chi connectivity index (χ2n) is 3.01. The van der Waals surface area contributed by atoms with Gasteiger partial charge in [-0.2, -0.15) is 0 Å². The molecule has 0 saturated carbocycles. The summed E-state index contributed by atoms with van der Waals surface area (Å²) in [4.78, 5) is 21.3. The summed E-state index contributed by atoms with van der Waals surface area (Å²) in [5.41, 5.74) is 0.211. The molecular weight excluding hydrogens is 229 g/mol. The number of carbonyl (C=O) groups is 2. The minimum absolute atomic E-state index is 0.0593. The van der Waals surface area contributed by atoms with Crippen molar-refractivity contribution in [1.29, 1.82) is 0 Å². The van der Waals surface area contributed by atoms with Gasteiger partial charge in [-0.3, -0.25) is 4.79 Å². The molecule has 6 heteroatoms. The maximum atomic E-state index is 13.2. The van der Waals surface area contributed by atoms with E-state index in [0.29, 0.717) is 6.08 Å². The van der Waals surface area contributed by atoms with Crippen LogP contribution in [0.15, 0.2) is 30.4 Å². The highest BCUT2D eigenvalue weighted by atomic mass is 19.1. The van der Waals surface area contributed by atoms with Crippen molar-refractivity contribution in [3.63, 3.8) is 0 Å². The zero-order chi connectivity index (χ0) is 12.8. The molecule has 0 saturated heterocycles. The van der Waals surface area contributed by atoms with Gasteiger partial charge in [0.05, 0.1) is 7.11 Å². The topological polar surface area (TPSA) is 75.6 Å². The van der Waals surface area contributed by atoms with Gasteiger partial charge in [0.25, 0.3) is 0 Å². The van der Waals surface area contributed by atoms with Crippen molar-refractivity contribution < 1.29 is 23.8 Å². The van der Waals surface area contributed by atoms with Gasteiger partial charge in [0, 0.05) is 23.9 Å². The average Bonchev–Trinajstić information content (AvgIpc) is 2.26. The number of carbonyl (C=O) groups excluding carboxylic acids is 1. The van der Waals surface area contributed by atoms with Crippen LogP contribution in [0.1, 0.15) is 0 Å². The summed E-state index contributed by atoms with van der Waals surface area (Å²) in [5, 5.41) is 10.6. The number of rotatable bonds is 4. The van der Waals surface area contributed by atoms with Gasteiger partial charge in [-0.25, -0.2) is 9.18 Å². The summed E-state index contributed by atoms with van der Waals surface area (Å²) in [6.07, 6.45) is 1.53. The van der Waals surface area contributed by atoms with E-state index in [1.807, 2.05) is 0 Å². The highest BCUT2D eigenvalue weighted by Gasteiger charge is 2.05. The predicted molar refractivity (Wildman–Crippen MR) is 58.4 cm³/mol. The van der Waals surface area contributed by atoms with Crippen LogP contribution in [0, 0.1) is 5.82 Å². The fourth-order valence-corrected chi connectivity index (χ4v) is 1.08. The van der Waals surface area contributed by atoms with Crippen molar-refractivity contribution in [2.75, 3.05) is 12.4 Å². The number of anilines is 1. The molecule has 0 aromatic heterocycles. The molecule has 5 nitrogen and oxygen atoms in total. The van der Waals surface area contributed by atoms with Gasteiger partial charge < -0.3 is 15.2 Å². The third kappa shape index (κ3) is 3.94. The van der Waals surface area contributed by atoms with E-state index in [4.69, 9.17) is 9.84 Å². The first kappa shape index (κ1) is 12.7. The van der Waals surface area contributed by atoms with E-state index in [2.05, 4.69) is 5.32 Å². The molecule has 1 aromatic carbocycles. The summed E-state index contributed by atoms with van der Waals surface area (Å²) in [7, 11) is 1.33. The van der Waals surface area contributed by atoms with E-state index >= 15 is 0 Å². The van der Waals surface area contributed by atoms with E-state index in [9.17, 15) is 14.0 Å². The molecule has 0 aliphatic heterocycles. The second-order valence-corrected chi connectivity index (χ2v) is 3.01. The van der Waals surface area contributed by atoms with E-state index < -0.39 is 17.7 Å². The Morgan fingerprint density at radius 1 is 1.41 bits per heavy atom. The fourth-order valence-electron chi connectivity index (χ4n) is 1.08. The number of nitrogens with one attached hydrogen (secondary N) is 1. The average molecular weight is 239 g/mol. The Morgan fingerprint density at radius 3 is 2.65 bits per heavy atom. The molecule has 0 atom stereocenters. The molecule has 90 valence electrons. The number of carboxylic acids is 1. The first-order valence-electron chi connectivity index (χ1n) is 4.58. The maximum Gasteiger partial charge on any atom is 0.328 e. The first-order valence-corrected chi connectivity index (χ1v) is 4.58. The molecule has 0 spiro atoms. The quantitative estimate of drug-likeness (QED) is 0.779.